The summed E-state index contributed by atoms with van der Waals surface area (Å²) in [6.07, 6.45) is 3.47. The predicted octanol–water partition coefficient (Wildman–Crippen LogP) is 3.16. The van der Waals surface area contributed by atoms with Crippen molar-refractivity contribution in [1.82, 2.24) is 14.8 Å². The number of furan rings is 1. The molecule has 1 aromatic carbocycles. The van der Waals surface area contributed by atoms with Crippen LogP contribution < -0.4 is 4.90 Å². The van der Waals surface area contributed by atoms with Gasteiger partial charge >= 0.3 is 0 Å². The average Bonchev–Trinajstić information content (AvgIpc) is 3.47. The van der Waals surface area contributed by atoms with Crippen LogP contribution in [0.1, 0.15) is 37.0 Å². The van der Waals surface area contributed by atoms with Crippen LogP contribution in [0, 0.1) is 6.92 Å². The fourth-order valence-corrected chi connectivity index (χ4v) is 4.88. The van der Waals surface area contributed by atoms with Gasteiger partial charge in [0, 0.05) is 49.4 Å². The number of benzene rings is 1. The summed E-state index contributed by atoms with van der Waals surface area (Å²) < 4.78 is 5.16. The number of fused-ring (bicyclic) bond motifs is 1. The Hall–Kier alpha value is -2.97. The van der Waals surface area contributed by atoms with Crippen LogP contribution in [0.5, 0.6) is 0 Å². The third-order valence-electron chi connectivity index (χ3n) is 5.64. The molecule has 1 saturated heterocycles. The molecule has 0 atom stereocenters. The molecule has 7 nitrogen and oxygen atoms in total. The highest BCUT2D eigenvalue weighted by molar-refractivity contribution is 7.09. The van der Waals surface area contributed by atoms with E-state index in [1.165, 1.54) is 16.2 Å². The summed E-state index contributed by atoms with van der Waals surface area (Å²) in [5.41, 5.74) is 3.94. The number of nitrogens with zero attached hydrogens (tertiary/aromatic N) is 4. The highest BCUT2D eigenvalue weighted by Gasteiger charge is 2.39. The van der Waals surface area contributed by atoms with Gasteiger partial charge in [-0.3, -0.25) is 19.4 Å². The van der Waals surface area contributed by atoms with Crippen molar-refractivity contribution >= 4 is 28.8 Å². The van der Waals surface area contributed by atoms with Gasteiger partial charge in [0.2, 0.25) is 0 Å². The molecule has 0 N–H and O–H groups in total. The van der Waals surface area contributed by atoms with Crippen LogP contribution >= 0.6 is 11.3 Å². The molecule has 2 aliphatic heterocycles. The molecule has 0 bridgehead atoms. The highest BCUT2D eigenvalue weighted by atomic mass is 32.1. The number of piperazine rings is 1. The van der Waals surface area contributed by atoms with Gasteiger partial charge in [-0.05, 0) is 25.1 Å². The van der Waals surface area contributed by atoms with E-state index in [0.717, 1.165) is 54.7 Å². The molecule has 2 aliphatic rings. The second kappa shape index (κ2) is 7.70. The monoisotopic (exact) mass is 422 g/mol. The third kappa shape index (κ3) is 3.42. The summed E-state index contributed by atoms with van der Waals surface area (Å²) in [5, 5.41) is 2.71. The van der Waals surface area contributed by atoms with Crippen LogP contribution in [-0.2, 0) is 13.1 Å². The highest BCUT2D eigenvalue weighted by Crippen LogP contribution is 2.33. The van der Waals surface area contributed by atoms with E-state index in [1.54, 1.807) is 18.6 Å². The number of thiazole rings is 1. The first-order valence-corrected chi connectivity index (χ1v) is 10.9. The molecular formula is C22H22N4O3S. The summed E-state index contributed by atoms with van der Waals surface area (Å²) in [4.78, 5) is 36.4. The predicted molar refractivity (Wildman–Crippen MR) is 114 cm³/mol. The zero-order valence-corrected chi connectivity index (χ0v) is 17.5. The molecule has 3 aromatic rings. The van der Waals surface area contributed by atoms with Gasteiger partial charge in [0.1, 0.15) is 5.01 Å². The Morgan fingerprint density at radius 1 is 1.07 bits per heavy atom. The number of aryl methyl sites for hydroxylation is 1. The molecule has 0 saturated carbocycles. The van der Waals surface area contributed by atoms with E-state index >= 15 is 0 Å². The minimum Gasteiger partial charge on any atom is -0.472 e. The zero-order valence-electron chi connectivity index (χ0n) is 16.7. The van der Waals surface area contributed by atoms with Crippen LogP contribution in [0.4, 0.5) is 5.69 Å². The number of carbonyl (C=O) groups excluding carboxylic acids is 2. The molecular weight excluding hydrogens is 400 g/mol. The Morgan fingerprint density at radius 3 is 2.60 bits per heavy atom. The normalized spacial score (nSPS) is 17.1. The van der Waals surface area contributed by atoms with Gasteiger partial charge in [0.25, 0.3) is 11.8 Å². The number of imide groups is 1. The summed E-state index contributed by atoms with van der Waals surface area (Å²) in [6, 6.07) is 7.56. The molecule has 5 rings (SSSR count). The molecule has 8 heteroatoms. The van der Waals surface area contributed by atoms with Crippen molar-refractivity contribution in [3.63, 3.8) is 0 Å². The minimum absolute atomic E-state index is 0.223. The Bertz CT molecular complexity index is 1080. The van der Waals surface area contributed by atoms with Crippen LogP contribution in [0.15, 0.2) is 46.6 Å². The lowest BCUT2D eigenvalue weighted by atomic mass is 10.1. The number of anilines is 1. The molecule has 0 spiro atoms. The summed E-state index contributed by atoms with van der Waals surface area (Å²) >= 11 is 1.47. The van der Waals surface area contributed by atoms with E-state index in [-0.39, 0.29) is 18.4 Å². The Labute approximate surface area is 178 Å². The van der Waals surface area contributed by atoms with Gasteiger partial charge in [0.15, 0.2) is 0 Å². The molecule has 2 aromatic heterocycles. The fourth-order valence-electron chi connectivity index (χ4n) is 4.12. The smallest absolute Gasteiger partial charge is 0.264 e. The molecule has 4 heterocycles. The van der Waals surface area contributed by atoms with Gasteiger partial charge < -0.3 is 9.32 Å². The fraction of sp³-hybridized carbons (Fsp3) is 0.318. The van der Waals surface area contributed by atoms with Gasteiger partial charge in [-0.1, -0.05) is 6.07 Å². The second-order valence-corrected chi connectivity index (χ2v) is 8.62. The SMILES string of the molecule is Cc1csc(CN2C(=O)c3cccc(N4CCN(Cc5ccoc5)CC4)c3C2=O)n1. The largest absolute Gasteiger partial charge is 0.472 e. The molecule has 2 amide bonds. The van der Waals surface area contributed by atoms with Crippen LogP contribution in [0.2, 0.25) is 0 Å². The van der Waals surface area contributed by atoms with Crippen molar-refractivity contribution < 1.29 is 14.0 Å². The number of hydrogen-bond donors (Lipinski definition) is 0. The first-order valence-electron chi connectivity index (χ1n) is 9.99. The Balaban J connectivity index is 1.33. The van der Waals surface area contributed by atoms with Crippen molar-refractivity contribution in [2.75, 3.05) is 31.1 Å². The molecule has 154 valence electrons. The average molecular weight is 423 g/mol. The maximum absolute atomic E-state index is 13.2. The zero-order chi connectivity index (χ0) is 20.7. The summed E-state index contributed by atoms with van der Waals surface area (Å²) in [6.45, 7) is 6.38. The number of aromatic nitrogens is 1. The lowest BCUT2D eigenvalue weighted by Crippen LogP contribution is -2.46. The molecule has 0 unspecified atom stereocenters. The van der Waals surface area contributed by atoms with Crippen LogP contribution in [-0.4, -0.2) is 52.8 Å². The topological polar surface area (TPSA) is 69.9 Å². The standard InChI is InChI=1S/C22H22N4O3S/c1-15-14-30-19(23-15)12-26-21(27)17-3-2-4-18(20(17)22(26)28)25-8-6-24(7-9-25)11-16-5-10-29-13-16/h2-5,10,13-14H,6-9,11-12H2,1H3. The van der Waals surface area contributed by atoms with Crippen molar-refractivity contribution in [1.29, 1.82) is 0 Å². The van der Waals surface area contributed by atoms with Gasteiger partial charge in [-0.25, -0.2) is 4.98 Å². The van der Waals surface area contributed by atoms with E-state index in [1.807, 2.05) is 30.5 Å². The number of rotatable bonds is 5. The van der Waals surface area contributed by atoms with Gasteiger partial charge in [-0.15, -0.1) is 11.3 Å². The van der Waals surface area contributed by atoms with Crippen LogP contribution in [0.25, 0.3) is 0 Å². The van der Waals surface area contributed by atoms with Gasteiger partial charge in [-0.2, -0.15) is 0 Å². The molecule has 1 fully saturated rings. The molecule has 30 heavy (non-hydrogen) atoms. The molecule has 0 aliphatic carbocycles. The Kier molecular flexibility index (Phi) is 4.88. The van der Waals surface area contributed by atoms with E-state index in [9.17, 15) is 9.59 Å². The van der Waals surface area contributed by atoms with Crippen molar-refractivity contribution in [2.24, 2.45) is 0 Å². The number of hydrogen-bond acceptors (Lipinski definition) is 7. The summed E-state index contributed by atoms with van der Waals surface area (Å²) in [7, 11) is 0. The van der Waals surface area contributed by atoms with E-state index in [0.29, 0.717) is 11.1 Å². The second-order valence-electron chi connectivity index (χ2n) is 7.67. The van der Waals surface area contributed by atoms with Crippen molar-refractivity contribution in [2.45, 2.75) is 20.0 Å². The lowest BCUT2D eigenvalue weighted by Gasteiger charge is -2.36. The number of amides is 2. The third-order valence-corrected chi connectivity index (χ3v) is 6.59. The Morgan fingerprint density at radius 2 is 1.90 bits per heavy atom. The van der Waals surface area contributed by atoms with E-state index in [2.05, 4.69) is 14.8 Å². The summed E-state index contributed by atoms with van der Waals surface area (Å²) in [5.74, 6) is -0.456. The first kappa shape index (κ1) is 19.0. The first-order chi connectivity index (χ1) is 14.6. The van der Waals surface area contributed by atoms with E-state index in [4.69, 9.17) is 4.42 Å². The molecule has 0 radical (unpaired) electrons. The van der Waals surface area contributed by atoms with Crippen molar-refractivity contribution in [3.8, 4) is 0 Å². The lowest BCUT2D eigenvalue weighted by molar-refractivity contribution is 0.0642. The van der Waals surface area contributed by atoms with Crippen molar-refractivity contribution in [3.05, 3.63) is 69.6 Å². The minimum atomic E-state index is -0.233. The maximum Gasteiger partial charge on any atom is 0.264 e. The number of carbonyl (C=O) groups is 2. The maximum atomic E-state index is 13.2. The van der Waals surface area contributed by atoms with Crippen LogP contribution in [0.3, 0.4) is 0 Å². The van der Waals surface area contributed by atoms with Gasteiger partial charge in [0.05, 0.1) is 35.9 Å². The van der Waals surface area contributed by atoms with E-state index < -0.39 is 0 Å². The quantitative estimate of drug-likeness (QED) is 0.589.